The maximum Gasteiger partial charge on any atom is 0.208 e. The van der Waals surface area contributed by atoms with Gasteiger partial charge < -0.3 is 10.6 Å². The van der Waals surface area contributed by atoms with Gasteiger partial charge in [-0.25, -0.2) is 4.98 Å². The van der Waals surface area contributed by atoms with E-state index in [1.54, 1.807) is 11.3 Å². The van der Waals surface area contributed by atoms with Gasteiger partial charge in [-0.05, 0) is 36.4 Å². The Bertz CT molecular complexity index is 494. The van der Waals surface area contributed by atoms with Crippen LogP contribution >= 0.6 is 23.1 Å². The summed E-state index contributed by atoms with van der Waals surface area (Å²) in [5.41, 5.74) is 6.66. The third-order valence-electron chi connectivity index (χ3n) is 2.20. The lowest BCUT2D eigenvalue weighted by molar-refractivity contribution is 0.943. The molecule has 0 aromatic carbocycles. The molecule has 0 amide bonds. The third-order valence-corrected chi connectivity index (χ3v) is 4.29. The van der Waals surface area contributed by atoms with E-state index >= 15 is 0 Å². The Morgan fingerprint density at radius 1 is 1.33 bits per heavy atom. The van der Waals surface area contributed by atoms with E-state index in [9.17, 15) is 0 Å². The summed E-state index contributed by atoms with van der Waals surface area (Å²) in [6, 6.07) is 4.04. The number of nitrogens with zero attached hydrogens (tertiary/aromatic N) is 4. The highest BCUT2D eigenvalue weighted by molar-refractivity contribution is 8.01. The predicted molar refractivity (Wildman–Crippen MR) is 75.4 cm³/mol. The van der Waals surface area contributed by atoms with Crippen LogP contribution in [0.5, 0.6) is 0 Å². The Kier molecular flexibility index (Phi) is 4.51. The minimum absolute atomic E-state index is 0.650. The zero-order valence-electron chi connectivity index (χ0n) is 10.3. The van der Waals surface area contributed by atoms with E-state index in [1.807, 2.05) is 31.3 Å². The van der Waals surface area contributed by atoms with Gasteiger partial charge in [0.15, 0.2) is 4.34 Å². The molecule has 2 aromatic heterocycles. The van der Waals surface area contributed by atoms with Crippen molar-refractivity contribution in [3.63, 3.8) is 0 Å². The van der Waals surface area contributed by atoms with Crippen LogP contribution in [-0.4, -0.2) is 35.8 Å². The number of aromatic nitrogens is 3. The van der Waals surface area contributed by atoms with E-state index in [-0.39, 0.29) is 0 Å². The van der Waals surface area contributed by atoms with Crippen molar-refractivity contribution in [2.75, 3.05) is 25.5 Å². The van der Waals surface area contributed by atoms with Crippen LogP contribution in [0.25, 0.3) is 0 Å². The number of rotatable bonds is 5. The van der Waals surface area contributed by atoms with Crippen molar-refractivity contribution in [2.45, 2.75) is 15.8 Å². The highest BCUT2D eigenvalue weighted by Gasteiger charge is 2.08. The number of hydrogen-bond acceptors (Lipinski definition) is 7. The van der Waals surface area contributed by atoms with Crippen LogP contribution in [-0.2, 0) is 6.42 Å². The lowest BCUT2D eigenvalue weighted by Crippen LogP contribution is -2.07. The second-order valence-electron chi connectivity index (χ2n) is 3.89. The first-order chi connectivity index (χ1) is 8.69. The minimum Gasteiger partial charge on any atom is -0.353 e. The summed E-state index contributed by atoms with van der Waals surface area (Å²) in [5.74, 6) is 0. The van der Waals surface area contributed by atoms with Crippen LogP contribution in [0.15, 0.2) is 27.7 Å². The molecule has 0 radical (unpaired) electrons. The average Bonchev–Trinajstić information content (AvgIpc) is 2.81. The second-order valence-corrected chi connectivity index (χ2v) is 6.11. The molecular formula is C11H15N5S2. The predicted octanol–water partition coefficient (Wildman–Crippen LogP) is 1.65. The molecular weight excluding hydrogens is 266 g/mol. The fourth-order valence-corrected chi connectivity index (χ4v) is 2.95. The van der Waals surface area contributed by atoms with Crippen molar-refractivity contribution >= 4 is 28.2 Å². The molecule has 0 saturated carbocycles. The Labute approximate surface area is 114 Å². The normalized spacial score (nSPS) is 10.6. The van der Waals surface area contributed by atoms with Gasteiger partial charge in [0.1, 0.15) is 5.03 Å². The summed E-state index contributed by atoms with van der Waals surface area (Å²) in [7, 11) is 3.91. The average molecular weight is 281 g/mol. The van der Waals surface area contributed by atoms with Crippen LogP contribution in [0.1, 0.15) is 5.56 Å². The van der Waals surface area contributed by atoms with Gasteiger partial charge >= 0.3 is 0 Å². The Balaban J connectivity index is 2.03. The second kappa shape index (κ2) is 6.12. The van der Waals surface area contributed by atoms with Crippen molar-refractivity contribution in [1.29, 1.82) is 0 Å². The fourth-order valence-electron chi connectivity index (χ4n) is 1.30. The molecule has 0 aliphatic heterocycles. The molecule has 0 bridgehead atoms. The van der Waals surface area contributed by atoms with Crippen molar-refractivity contribution in [1.82, 2.24) is 15.2 Å². The largest absolute Gasteiger partial charge is 0.353 e. The van der Waals surface area contributed by atoms with Crippen LogP contribution in [0.2, 0.25) is 0 Å². The first-order valence-electron chi connectivity index (χ1n) is 5.52. The molecule has 0 aliphatic carbocycles. The molecule has 96 valence electrons. The van der Waals surface area contributed by atoms with Gasteiger partial charge in [0.2, 0.25) is 5.13 Å². The minimum atomic E-state index is 0.650. The zero-order valence-corrected chi connectivity index (χ0v) is 12.0. The SMILES string of the molecule is CN(C)c1nnc(Sc2ccc(CCN)cn2)s1. The summed E-state index contributed by atoms with van der Waals surface area (Å²) in [6.45, 7) is 0.650. The van der Waals surface area contributed by atoms with Gasteiger partial charge in [-0.2, -0.15) is 0 Å². The highest BCUT2D eigenvalue weighted by Crippen LogP contribution is 2.31. The van der Waals surface area contributed by atoms with E-state index in [0.717, 1.165) is 26.5 Å². The highest BCUT2D eigenvalue weighted by atomic mass is 32.2. The van der Waals surface area contributed by atoms with Gasteiger partial charge in [0.05, 0.1) is 0 Å². The first-order valence-corrected chi connectivity index (χ1v) is 7.16. The summed E-state index contributed by atoms with van der Waals surface area (Å²) >= 11 is 3.09. The van der Waals surface area contributed by atoms with Crippen LogP contribution < -0.4 is 10.6 Å². The van der Waals surface area contributed by atoms with Gasteiger partial charge in [-0.3, -0.25) is 0 Å². The molecule has 0 aliphatic rings. The van der Waals surface area contributed by atoms with E-state index in [4.69, 9.17) is 5.73 Å². The molecule has 0 fully saturated rings. The molecule has 18 heavy (non-hydrogen) atoms. The molecule has 2 heterocycles. The van der Waals surface area contributed by atoms with Crippen molar-refractivity contribution in [2.24, 2.45) is 5.73 Å². The van der Waals surface area contributed by atoms with E-state index in [2.05, 4.69) is 21.2 Å². The Hall–Kier alpha value is -1.18. The fraction of sp³-hybridized carbons (Fsp3) is 0.364. The molecule has 0 atom stereocenters. The van der Waals surface area contributed by atoms with E-state index < -0.39 is 0 Å². The molecule has 0 spiro atoms. The lowest BCUT2D eigenvalue weighted by atomic mass is 10.2. The van der Waals surface area contributed by atoms with Gasteiger partial charge in [0.25, 0.3) is 0 Å². The molecule has 2 aromatic rings. The van der Waals surface area contributed by atoms with Crippen molar-refractivity contribution in [3.05, 3.63) is 23.9 Å². The topological polar surface area (TPSA) is 67.9 Å². The number of anilines is 1. The maximum atomic E-state index is 5.50. The Morgan fingerprint density at radius 3 is 2.72 bits per heavy atom. The van der Waals surface area contributed by atoms with Crippen molar-refractivity contribution in [3.8, 4) is 0 Å². The van der Waals surface area contributed by atoms with Gasteiger partial charge in [0, 0.05) is 20.3 Å². The quantitative estimate of drug-likeness (QED) is 0.899. The van der Waals surface area contributed by atoms with E-state index in [1.165, 1.54) is 11.8 Å². The molecule has 0 unspecified atom stereocenters. The van der Waals surface area contributed by atoms with Crippen LogP contribution in [0.3, 0.4) is 0 Å². The molecule has 2 N–H and O–H groups in total. The van der Waals surface area contributed by atoms with Crippen LogP contribution in [0.4, 0.5) is 5.13 Å². The van der Waals surface area contributed by atoms with Crippen LogP contribution in [0, 0.1) is 0 Å². The van der Waals surface area contributed by atoms with Crippen molar-refractivity contribution < 1.29 is 0 Å². The van der Waals surface area contributed by atoms with Gasteiger partial charge in [-0.1, -0.05) is 17.4 Å². The standard InChI is InChI=1S/C11H15N5S2/c1-16(2)10-14-15-11(18-10)17-9-4-3-8(5-6-12)7-13-9/h3-4,7H,5-6,12H2,1-2H3. The lowest BCUT2D eigenvalue weighted by Gasteiger charge is -2.03. The molecule has 7 heteroatoms. The number of nitrogens with two attached hydrogens (primary N) is 1. The summed E-state index contributed by atoms with van der Waals surface area (Å²) in [5, 5.41) is 10.0. The van der Waals surface area contributed by atoms with Gasteiger partial charge in [-0.15, -0.1) is 10.2 Å². The molecule has 0 saturated heterocycles. The maximum absolute atomic E-state index is 5.50. The Morgan fingerprint density at radius 2 is 2.17 bits per heavy atom. The summed E-state index contributed by atoms with van der Waals surface area (Å²) in [4.78, 5) is 6.32. The smallest absolute Gasteiger partial charge is 0.208 e. The molecule has 5 nitrogen and oxygen atoms in total. The number of hydrogen-bond donors (Lipinski definition) is 1. The van der Waals surface area contributed by atoms with E-state index in [0.29, 0.717) is 6.54 Å². The molecule has 2 rings (SSSR count). The summed E-state index contributed by atoms with van der Waals surface area (Å²) in [6.07, 6.45) is 2.73. The zero-order chi connectivity index (χ0) is 13.0. The number of pyridine rings is 1. The first kappa shape index (κ1) is 13.3. The third kappa shape index (κ3) is 3.41. The monoisotopic (exact) mass is 281 g/mol. The summed E-state index contributed by atoms with van der Waals surface area (Å²) < 4.78 is 0.901.